The fourth-order valence-corrected chi connectivity index (χ4v) is 2.92. The Bertz CT molecular complexity index is 356. The lowest BCUT2D eigenvalue weighted by molar-refractivity contribution is 0.155. The van der Waals surface area contributed by atoms with Gasteiger partial charge in [0.1, 0.15) is 5.84 Å². The van der Waals surface area contributed by atoms with E-state index in [0.717, 1.165) is 25.7 Å². The first-order valence-electron chi connectivity index (χ1n) is 7.08. The number of amidine groups is 1. The molecule has 0 spiro atoms. The lowest BCUT2D eigenvalue weighted by Crippen LogP contribution is -2.51. The van der Waals surface area contributed by atoms with Gasteiger partial charge >= 0.3 is 6.03 Å². The molecule has 0 aromatic carbocycles. The van der Waals surface area contributed by atoms with Crippen LogP contribution >= 0.6 is 0 Å². The van der Waals surface area contributed by atoms with Crippen molar-refractivity contribution < 1.29 is 10.0 Å². The zero-order valence-electron chi connectivity index (χ0n) is 11.6. The largest absolute Gasteiger partial charge is 0.409 e. The second-order valence-electron chi connectivity index (χ2n) is 5.96. The second kappa shape index (κ2) is 5.67. The maximum atomic E-state index is 12.1. The van der Waals surface area contributed by atoms with Crippen LogP contribution in [0.25, 0.3) is 0 Å². The lowest BCUT2D eigenvalue weighted by atomic mass is 9.79. The van der Waals surface area contributed by atoms with Crippen molar-refractivity contribution >= 4 is 11.9 Å². The Kier molecular flexibility index (Phi) is 4.17. The highest BCUT2D eigenvalue weighted by atomic mass is 16.4. The summed E-state index contributed by atoms with van der Waals surface area (Å²) >= 11 is 0. The van der Waals surface area contributed by atoms with Crippen LogP contribution in [0.3, 0.4) is 0 Å². The van der Waals surface area contributed by atoms with Gasteiger partial charge in [0.15, 0.2) is 0 Å². The Labute approximate surface area is 114 Å². The summed E-state index contributed by atoms with van der Waals surface area (Å²) in [4.78, 5) is 13.9. The Morgan fingerprint density at radius 1 is 1.37 bits per heavy atom. The van der Waals surface area contributed by atoms with E-state index in [-0.39, 0.29) is 17.3 Å². The number of likely N-dealkylation sites (tertiary alicyclic amines) is 1. The van der Waals surface area contributed by atoms with Crippen molar-refractivity contribution in [1.29, 1.82) is 0 Å². The molecular formula is C13H24N4O2. The number of carbonyl (C=O) groups excluding carboxylic acids is 1. The number of hydrogen-bond acceptors (Lipinski definition) is 3. The van der Waals surface area contributed by atoms with Crippen LogP contribution in [0.2, 0.25) is 0 Å². The van der Waals surface area contributed by atoms with Gasteiger partial charge in [0.05, 0.1) is 0 Å². The summed E-state index contributed by atoms with van der Waals surface area (Å²) in [7, 11) is 0. The van der Waals surface area contributed by atoms with Crippen molar-refractivity contribution in [2.24, 2.45) is 16.3 Å². The van der Waals surface area contributed by atoms with Crippen LogP contribution < -0.4 is 11.1 Å². The molecule has 0 radical (unpaired) electrons. The van der Waals surface area contributed by atoms with Crippen LogP contribution in [0.5, 0.6) is 0 Å². The Hall–Kier alpha value is -1.46. The average Bonchev–Trinajstić information content (AvgIpc) is 2.91. The number of amides is 2. The number of carbonyl (C=O) groups is 1. The normalized spacial score (nSPS) is 24.5. The van der Waals surface area contributed by atoms with E-state index in [4.69, 9.17) is 10.9 Å². The fourth-order valence-electron chi connectivity index (χ4n) is 2.92. The first-order chi connectivity index (χ1) is 9.05. The summed E-state index contributed by atoms with van der Waals surface area (Å²) in [5.74, 6) is 0.267. The third-order valence-electron chi connectivity index (χ3n) is 4.56. The highest BCUT2D eigenvalue weighted by molar-refractivity contribution is 5.86. The predicted octanol–water partition coefficient (Wildman–Crippen LogP) is 1.49. The Balaban J connectivity index is 1.83. The molecule has 2 rings (SSSR count). The average molecular weight is 268 g/mol. The van der Waals surface area contributed by atoms with Crippen molar-refractivity contribution in [2.75, 3.05) is 13.1 Å². The Morgan fingerprint density at radius 3 is 2.47 bits per heavy atom. The van der Waals surface area contributed by atoms with Gasteiger partial charge in [-0.15, -0.1) is 0 Å². The molecule has 6 nitrogen and oxygen atoms in total. The maximum absolute atomic E-state index is 12.1. The molecule has 1 aliphatic carbocycles. The molecule has 1 heterocycles. The van der Waals surface area contributed by atoms with Crippen LogP contribution in [-0.2, 0) is 0 Å². The predicted molar refractivity (Wildman–Crippen MR) is 73.1 cm³/mol. The Morgan fingerprint density at radius 2 is 1.95 bits per heavy atom. The summed E-state index contributed by atoms with van der Waals surface area (Å²) in [6.07, 6.45) is 6.10. The summed E-state index contributed by atoms with van der Waals surface area (Å²) in [6, 6.07) is 0.387. The number of rotatable bonds is 2. The standard InChI is InChI=1S/C13H24N4O2/c1-13(11(14)16-19)6-8-17(9-7-13)12(18)15-10-4-2-3-5-10/h10,19H,2-9H2,1H3,(H2,14,16)(H,15,18). The molecule has 1 aliphatic heterocycles. The van der Waals surface area contributed by atoms with Gasteiger partial charge in [-0.1, -0.05) is 24.9 Å². The van der Waals surface area contributed by atoms with Gasteiger partial charge < -0.3 is 21.2 Å². The number of piperidine rings is 1. The molecule has 2 fully saturated rings. The zero-order chi connectivity index (χ0) is 13.9. The molecule has 1 saturated heterocycles. The summed E-state index contributed by atoms with van der Waals surface area (Å²) < 4.78 is 0. The van der Waals surface area contributed by atoms with E-state index in [0.29, 0.717) is 19.1 Å². The summed E-state index contributed by atoms with van der Waals surface area (Å²) in [6.45, 7) is 3.30. The van der Waals surface area contributed by atoms with Crippen molar-refractivity contribution in [2.45, 2.75) is 51.5 Å². The number of urea groups is 1. The highest BCUT2D eigenvalue weighted by Gasteiger charge is 2.36. The fraction of sp³-hybridized carbons (Fsp3) is 0.846. The minimum Gasteiger partial charge on any atom is -0.409 e. The molecule has 0 unspecified atom stereocenters. The van der Waals surface area contributed by atoms with Crippen LogP contribution in [0, 0.1) is 5.41 Å². The monoisotopic (exact) mass is 268 g/mol. The van der Waals surface area contributed by atoms with Gasteiger partial charge in [0.2, 0.25) is 0 Å². The number of nitrogens with two attached hydrogens (primary N) is 1. The van der Waals surface area contributed by atoms with Crippen molar-refractivity contribution in [3.63, 3.8) is 0 Å². The van der Waals surface area contributed by atoms with E-state index in [2.05, 4.69) is 10.5 Å². The third-order valence-corrected chi connectivity index (χ3v) is 4.56. The summed E-state index contributed by atoms with van der Waals surface area (Å²) in [5.41, 5.74) is 5.42. The van der Waals surface area contributed by atoms with Crippen molar-refractivity contribution in [1.82, 2.24) is 10.2 Å². The van der Waals surface area contributed by atoms with Crippen LogP contribution in [0.4, 0.5) is 4.79 Å². The quantitative estimate of drug-likeness (QED) is 0.307. The molecule has 0 aromatic rings. The van der Waals surface area contributed by atoms with Crippen LogP contribution in [0.1, 0.15) is 45.4 Å². The zero-order valence-corrected chi connectivity index (χ0v) is 11.6. The van der Waals surface area contributed by atoms with Gasteiger partial charge in [-0.25, -0.2) is 4.79 Å². The topological polar surface area (TPSA) is 91.0 Å². The number of nitrogens with zero attached hydrogens (tertiary/aromatic N) is 2. The van der Waals surface area contributed by atoms with E-state index in [1.165, 1.54) is 12.8 Å². The van der Waals surface area contributed by atoms with Gasteiger partial charge in [0.25, 0.3) is 0 Å². The third kappa shape index (κ3) is 3.11. The molecular weight excluding hydrogens is 244 g/mol. The van der Waals surface area contributed by atoms with Gasteiger partial charge in [-0.2, -0.15) is 0 Å². The van der Waals surface area contributed by atoms with Gasteiger partial charge in [-0.05, 0) is 25.7 Å². The molecule has 19 heavy (non-hydrogen) atoms. The summed E-state index contributed by atoms with van der Waals surface area (Å²) in [5, 5.41) is 15.0. The van der Waals surface area contributed by atoms with Gasteiger partial charge in [0, 0.05) is 24.5 Å². The number of nitrogens with one attached hydrogen (secondary N) is 1. The highest BCUT2D eigenvalue weighted by Crippen LogP contribution is 2.31. The molecule has 2 amide bonds. The molecule has 1 saturated carbocycles. The second-order valence-corrected chi connectivity index (χ2v) is 5.96. The molecule has 0 atom stereocenters. The lowest BCUT2D eigenvalue weighted by Gasteiger charge is -2.38. The molecule has 4 N–H and O–H groups in total. The molecule has 0 aromatic heterocycles. The minimum absolute atomic E-state index is 0.0356. The first kappa shape index (κ1) is 14.0. The molecule has 6 heteroatoms. The molecule has 108 valence electrons. The van der Waals surface area contributed by atoms with Gasteiger partial charge in [-0.3, -0.25) is 0 Å². The van der Waals surface area contributed by atoms with E-state index >= 15 is 0 Å². The number of oxime groups is 1. The van der Waals surface area contributed by atoms with Crippen molar-refractivity contribution in [3.05, 3.63) is 0 Å². The molecule has 2 aliphatic rings. The first-order valence-corrected chi connectivity index (χ1v) is 7.08. The minimum atomic E-state index is -0.293. The van der Waals surface area contributed by atoms with Crippen LogP contribution in [0.15, 0.2) is 5.16 Å². The smallest absolute Gasteiger partial charge is 0.317 e. The SMILES string of the molecule is CC1(C(N)=NO)CCN(C(=O)NC2CCCC2)CC1. The van der Waals surface area contributed by atoms with E-state index in [9.17, 15) is 4.79 Å². The molecule has 0 bridgehead atoms. The van der Waals surface area contributed by atoms with E-state index in [1.807, 2.05) is 11.8 Å². The van der Waals surface area contributed by atoms with E-state index < -0.39 is 0 Å². The van der Waals surface area contributed by atoms with Crippen LogP contribution in [-0.4, -0.2) is 41.1 Å². The van der Waals surface area contributed by atoms with Crippen molar-refractivity contribution in [3.8, 4) is 0 Å². The van der Waals surface area contributed by atoms with E-state index in [1.54, 1.807) is 0 Å². The number of hydrogen-bond donors (Lipinski definition) is 3. The maximum Gasteiger partial charge on any atom is 0.317 e.